The van der Waals surface area contributed by atoms with Gasteiger partial charge in [0.25, 0.3) is 0 Å². The smallest absolute Gasteiger partial charge is 0.231 e. The average Bonchev–Trinajstić information content (AvgIpc) is 2.77. The molecule has 5 heteroatoms. The van der Waals surface area contributed by atoms with E-state index in [1.54, 1.807) is 14.2 Å². The Hall–Kier alpha value is -2.92. The van der Waals surface area contributed by atoms with Crippen molar-refractivity contribution in [3.8, 4) is 11.5 Å². The van der Waals surface area contributed by atoms with Crippen molar-refractivity contribution in [3.63, 3.8) is 0 Å². The lowest BCUT2D eigenvalue weighted by Gasteiger charge is -2.20. The van der Waals surface area contributed by atoms with Crippen LogP contribution in [0.3, 0.4) is 0 Å². The molecule has 0 radical (unpaired) electrons. The molecule has 0 aromatic heterocycles. The Morgan fingerprint density at radius 2 is 1.36 bits per heavy atom. The van der Waals surface area contributed by atoms with Gasteiger partial charge in [0.1, 0.15) is 11.5 Å². The molecule has 28 heavy (non-hydrogen) atoms. The Bertz CT molecular complexity index is 880. The maximum absolute atomic E-state index is 12.6. The van der Waals surface area contributed by atoms with Gasteiger partial charge in [-0.1, -0.05) is 42.5 Å². The molecule has 0 aliphatic rings. The van der Waals surface area contributed by atoms with Crippen molar-refractivity contribution in [2.45, 2.75) is 10.9 Å². The highest BCUT2D eigenvalue weighted by Gasteiger charge is 2.17. The number of carbonyl (C=O) groups excluding carboxylic acids is 1. The van der Waals surface area contributed by atoms with E-state index in [1.165, 1.54) is 11.8 Å². The summed E-state index contributed by atoms with van der Waals surface area (Å²) in [5.74, 6) is 1.91. The number of methoxy groups -OCH3 is 2. The van der Waals surface area contributed by atoms with E-state index in [9.17, 15) is 4.79 Å². The molecule has 1 amide bonds. The first kappa shape index (κ1) is 19.8. The van der Waals surface area contributed by atoms with Gasteiger partial charge in [0.15, 0.2) is 0 Å². The van der Waals surface area contributed by atoms with Gasteiger partial charge in [-0.2, -0.15) is 0 Å². The van der Waals surface area contributed by atoms with E-state index in [2.05, 4.69) is 5.32 Å². The molecule has 3 aromatic carbocycles. The van der Waals surface area contributed by atoms with Crippen molar-refractivity contribution in [1.29, 1.82) is 0 Å². The quantitative estimate of drug-likeness (QED) is 0.564. The summed E-state index contributed by atoms with van der Waals surface area (Å²) in [6, 6.07) is 25.2. The average molecular weight is 394 g/mol. The second kappa shape index (κ2) is 9.85. The van der Waals surface area contributed by atoms with E-state index in [1.807, 2.05) is 78.9 Å². The van der Waals surface area contributed by atoms with E-state index in [0.29, 0.717) is 5.75 Å². The third-order valence-corrected chi connectivity index (χ3v) is 5.33. The zero-order valence-corrected chi connectivity index (χ0v) is 16.7. The maximum Gasteiger partial charge on any atom is 0.231 e. The van der Waals surface area contributed by atoms with Crippen molar-refractivity contribution < 1.29 is 14.3 Å². The Morgan fingerprint density at radius 3 is 1.93 bits per heavy atom. The van der Waals surface area contributed by atoms with Crippen molar-refractivity contribution in [2.75, 3.05) is 20.0 Å². The molecule has 1 atom stereocenters. The van der Waals surface area contributed by atoms with E-state index in [0.717, 1.165) is 27.5 Å². The molecule has 144 valence electrons. The molecule has 0 bridgehead atoms. The van der Waals surface area contributed by atoms with Gasteiger partial charge in [0.2, 0.25) is 5.91 Å². The monoisotopic (exact) mass is 393 g/mol. The van der Waals surface area contributed by atoms with Gasteiger partial charge in [0.05, 0.1) is 26.0 Å². The van der Waals surface area contributed by atoms with E-state index in [4.69, 9.17) is 9.47 Å². The first-order chi connectivity index (χ1) is 13.7. The van der Waals surface area contributed by atoms with Gasteiger partial charge in [-0.3, -0.25) is 4.79 Å². The summed E-state index contributed by atoms with van der Waals surface area (Å²) in [6.45, 7) is 0. The molecular formula is C23H23NO3S. The van der Waals surface area contributed by atoms with Crippen LogP contribution >= 0.6 is 11.8 Å². The predicted octanol–water partition coefficient (Wildman–Crippen LogP) is 4.70. The zero-order chi connectivity index (χ0) is 19.8. The second-order valence-corrected chi connectivity index (χ2v) is 7.20. The van der Waals surface area contributed by atoms with Gasteiger partial charge in [-0.15, -0.1) is 11.8 Å². The lowest BCUT2D eigenvalue weighted by atomic mass is 9.98. The zero-order valence-electron chi connectivity index (χ0n) is 15.9. The molecule has 0 fully saturated rings. The Kier molecular flexibility index (Phi) is 6.98. The third kappa shape index (κ3) is 5.30. The normalized spacial score (nSPS) is 11.5. The fourth-order valence-corrected chi connectivity index (χ4v) is 3.53. The third-order valence-electron chi connectivity index (χ3n) is 4.32. The number of amides is 1. The number of carbonyl (C=O) groups is 1. The van der Waals surface area contributed by atoms with E-state index in [-0.39, 0.29) is 11.9 Å². The van der Waals surface area contributed by atoms with Gasteiger partial charge in [0, 0.05) is 4.90 Å². The molecule has 0 saturated heterocycles. The van der Waals surface area contributed by atoms with Crippen LogP contribution in [0.5, 0.6) is 11.5 Å². The summed E-state index contributed by atoms with van der Waals surface area (Å²) in [7, 11) is 3.28. The fourth-order valence-electron chi connectivity index (χ4n) is 2.82. The van der Waals surface area contributed by atoms with Gasteiger partial charge < -0.3 is 14.8 Å². The second-order valence-electron chi connectivity index (χ2n) is 6.15. The minimum Gasteiger partial charge on any atom is -0.497 e. The van der Waals surface area contributed by atoms with Crippen molar-refractivity contribution in [1.82, 2.24) is 5.32 Å². The largest absolute Gasteiger partial charge is 0.497 e. The molecule has 3 aromatic rings. The number of rotatable bonds is 8. The van der Waals surface area contributed by atoms with Crippen LogP contribution in [-0.4, -0.2) is 25.9 Å². The van der Waals surface area contributed by atoms with Crippen LogP contribution in [0.2, 0.25) is 0 Å². The summed E-state index contributed by atoms with van der Waals surface area (Å²) in [5.41, 5.74) is 2.05. The highest BCUT2D eigenvalue weighted by molar-refractivity contribution is 8.00. The summed E-state index contributed by atoms with van der Waals surface area (Å²) in [6.07, 6.45) is 0. The van der Waals surface area contributed by atoms with Crippen LogP contribution in [0.15, 0.2) is 83.8 Å². The van der Waals surface area contributed by atoms with E-state index < -0.39 is 0 Å². The molecule has 0 spiro atoms. The van der Waals surface area contributed by atoms with E-state index >= 15 is 0 Å². The Morgan fingerprint density at radius 1 is 0.821 bits per heavy atom. The fraction of sp³-hybridized carbons (Fsp3) is 0.174. The van der Waals surface area contributed by atoms with Crippen LogP contribution in [0.25, 0.3) is 0 Å². The number of thioether (sulfide) groups is 1. The minimum atomic E-state index is -0.212. The maximum atomic E-state index is 12.6. The molecule has 0 heterocycles. The molecule has 4 nitrogen and oxygen atoms in total. The minimum absolute atomic E-state index is 0.0227. The van der Waals surface area contributed by atoms with Gasteiger partial charge in [-0.25, -0.2) is 0 Å². The summed E-state index contributed by atoms with van der Waals surface area (Å²) in [4.78, 5) is 13.7. The molecular weight excluding hydrogens is 370 g/mol. The summed E-state index contributed by atoms with van der Waals surface area (Å²) >= 11 is 1.50. The van der Waals surface area contributed by atoms with Crippen LogP contribution in [0, 0.1) is 0 Å². The topological polar surface area (TPSA) is 47.6 Å². The standard InChI is InChI=1S/C23H23NO3S/c1-26-19-10-8-18(9-11-19)23(17-6-4-3-5-7-17)24-22(25)16-28-21-14-12-20(27-2)13-15-21/h3-15,23H,16H2,1-2H3,(H,24,25)/t23-/m1/s1. The first-order valence-electron chi connectivity index (χ1n) is 8.94. The van der Waals surface area contributed by atoms with Crippen molar-refractivity contribution in [3.05, 3.63) is 90.0 Å². The summed E-state index contributed by atoms with van der Waals surface area (Å²) in [5, 5.41) is 3.15. The number of hydrogen-bond donors (Lipinski definition) is 1. The number of nitrogens with one attached hydrogen (secondary N) is 1. The van der Waals surface area contributed by atoms with Crippen LogP contribution in [-0.2, 0) is 4.79 Å². The molecule has 3 rings (SSSR count). The van der Waals surface area contributed by atoms with Crippen LogP contribution in [0.4, 0.5) is 0 Å². The molecule has 0 unspecified atom stereocenters. The lowest BCUT2D eigenvalue weighted by molar-refractivity contribution is -0.119. The molecule has 0 aliphatic carbocycles. The predicted molar refractivity (Wildman–Crippen MR) is 113 cm³/mol. The van der Waals surface area contributed by atoms with Gasteiger partial charge >= 0.3 is 0 Å². The summed E-state index contributed by atoms with van der Waals surface area (Å²) < 4.78 is 10.4. The molecule has 0 saturated carbocycles. The van der Waals surface area contributed by atoms with Gasteiger partial charge in [-0.05, 0) is 47.5 Å². The van der Waals surface area contributed by atoms with Crippen molar-refractivity contribution >= 4 is 17.7 Å². The SMILES string of the molecule is COc1ccc(SCC(=O)N[C@H](c2ccccc2)c2ccc(OC)cc2)cc1. The number of hydrogen-bond acceptors (Lipinski definition) is 4. The Labute approximate surface area is 169 Å². The molecule has 0 aliphatic heterocycles. The van der Waals surface area contributed by atoms with Crippen LogP contribution < -0.4 is 14.8 Å². The molecule has 1 N–H and O–H groups in total. The number of benzene rings is 3. The highest BCUT2D eigenvalue weighted by atomic mass is 32.2. The van der Waals surface area contributed by atoms with Crippen molar-refractivity contribution in [2.24, 2.45) is 0 Å². The first-order valence-corrected chi connectivity index (χ1v) is 9.93. The number of ether oxygens (including phenoxy) is 2. The highest BCUT2D eigenvalue weighted by Crippen LogP contribution is 2.25. The lowest BCUT2D eigenvalue weighted by Crippen LogP contribution is -2.30. The van der Waals surface area contributed by atoms with Crippen LogP contribution in [0.1, 0.15) is 17.2 Å². The Balaban J connectivity index is 1.70.